The van der Waals surface area contributed by atoms with Crippen LogP contribution in [0.25, 0.3) is 5.57 Å². The molecule has 1 aliphatic carbocycles. The number of rotatable bonds is 3. The van der Waals surface area contributed by atoms with Crippen molar-refractivity contribution in [2.45, 2.75) is 62.9 Å². The number of ether oxygens (including phenoxy) is 3. The number of ketones is 1. The van der Waals surface area contributed by atoms with Gasteiger partial charge in [0.15, 0.2) is 0 Å². The number of carbonyl (C=O) groups excluding carboxylic acids is 1. The molecule has 3 aliphatic heterocycles. The molecule has 0 spiro atoms. The Kier molecular flexibility index (Phi) is 5.29. The van der Waals surface area contributed by atoms with Crippen LogP contribution in [0, 0.1) is 0 Å². The average Bonchev–Trinajstić information content (AvgIpc) is 3.14. The number of hydrogen-bond acceptors (Lipinski definition) is 9. The number of hydrogen-bond donors (Lipinski definition) is 5. The molecule has 0 radical (unpaired) electrons. The summed E-state index contributed by atoms with van der Waals surface area (Å²) in [5.41, 5.74) is -0.106. The number of benzene rings is 3. The van der Waals surface area contributed by atoms with Crippen LogP contribution in [-0.4, -0.2) is 42.7 Å². The summed E-state index contributed by atoms with van der Waals surface area (Å²) >= 11 is 0. The van der Waals surface area contributed by atoms with E-state index in [-0.39, 0.29) is 52.2 Å². The third-order valence-electron chi connectivity index (χ3n) is 8.76. The van der Waals surface area contributed by atoms with Crippen molar-refractivity contribution in [3.8, 4) is 40.2 Å². The zero-order valence-electron chi connectivity index (χ0n) is 23.3. The fraction of sp³-hybridized carbons (Fsp3) is 0.303. The summed E-state index contributed by atoms with van der Waals surface area (Å²) in [6.45, 7) is 5.61. The molecular weight excluding hydrogens is 540 g/mol. The van der Waals surface area contributed by atoms with E-state index in [0.717, 1.165) is 11.1 Å². The highest BCUT2D eigenvalue weighted by atomic mass is 16.7. The van der Waals surface area contributed by atoms with Gasteiger partial charge in [0, 0.05) is 30.2 Å². The maximum atomic E-state index is 14.2. The van der Waals surface area contributed by atoms with E-state index >= 15 is 0 Å². The Hall–Kier alpha value is -4.63. The summed E-state index contributed by atoms with van der Waals surface area (Å²) in [6.07, 6.45) is 4.71. The molecule has 5 N–H and O–H groups in total. The van der Waals surface area contributed by atoms with E-state index in [2.05, 4.69) is 0 Å². The molecule has 4 atom stereocenters. The smallest absolute Gasteiger partial charge is 0.318 e. The van der Waals surface area contributed by atoms with Crippen LogP contribution in [0.3, 0.4) is 0 Å². The number of aliphatic hydroxyl groups is 1. The molecule has 42 heavy (non-hydrogen) atoms. The van der Waals surface area contributed by atoms with Crippen molar-refractivity contribution in [1.29, 1.82) is 0 Å². The van der Waals surface area contributed by atoms with Crippen molar-refractivity contribution in [2.75, 3.05) is 0 Å². The largest absolute Gasteiger partial charge is 0.508 e. The van der Waals surface area contributed by atoms with Crippen LogP contribution >= 0.6 is 0 Å². The van der Waals surface area contributed by atoms with Gasteiger partial charge in [-0.05, 0) is 74.9 Å². The summed E-state index contributed by atoms with van der Waals surface area (Å²) < 4.78 is 18.5. The zero-order chi connectivity index (χ0) is 29.8. The van der Waals surface area contributed by atoms with Gasteiger partial charge in [-0.2, -0.15) is 0 Å². The van der Waals surface area contributed by atoms with Gasteiger partial charge in [-0.1, -0.05) is 17.7 Å². The molecule has 2 bridgehead atoms. The second-order valence-electron chi connectivity index (χ2n) is 12.1. The Balaban J connectivity index is 1.37. The Morgan fingerprint density at radius 3 is 2.38 bits per heavy atom. The highest BCUT2D eigenvalue weighted by Crippen LogP contribution is 2.60. The standard InChI is InChI=1S/C33H30O9/c1-16(2)8-9-32-22-7-5-20(35)12-25(22)42-33(32,39)30(38)28-26(41-32)13-23(36)27(29(28)37)18-10-17-14-31(3,15-18)40-24-11-19(34)4-6-21(17)24/h4-8,11-13,15,17,34-37,39H,9-10,14H2,1-3H3/t17-,31-,32+,33-/m1/s1. The first-order valence-corrected chi connectivity index (χ1v) is 13.8. The van der Waals surface area contributed by atoms with Gasteiger partial charge in [-0.3, -0.25) is 4.79 Å². The molecule has 4 aliphatic rings. The first kappa shape index (κ1) is 26.3. The average molecular weight is 571 g/mol. The molecule has 7 rings (SSSR count). The van der Waals surface area contributed by atoms with Gasteiger partial charge in [-0.25, -0.2) is 0 Å². The summed E-state index contributed by atoms with van der Waals surface area (Å²) in [7, 11) is 0. The van der Waals surface area contributed by atoms with E-state index in [9.17, 15) is 30.3 Å². The van der Waals surface area contributed by atoms with E-state index in [0.29, 0.717) is 29.7 Å². The molecule has 3 aromatic carbocycles. The van der Waals surface area contributed by atoms with Crippen LogP contribution in [0.15, 0.2) is 60.2 Å². The molecule has 9 heteroatoms. The Morgan fingerprint density at radius 2 is 1.64 bits per heavy atom. The lowest BCUT2D eigenvalue weighted by Crippen LogP contribution is -2.62. The molecule has 9 nitrogen and oxygen atoms in total. The van der Waals surface area contributed by atoms with Gasteiger partial charge in [0.2, 0.25) is 11.4 Å². The van der Waals surface area contributed by atoms with E-state index in [4.69, 9.17) is 14.2 Å². The predicted octanol–water partition coefficient (Wildman–Crippen LogP) is 5.53. The van der Waals surface area contributed by atoms with Crippen molar-refractivity contribution in [3.63, 3.8) is 0 Å². The number of phenolic OH excluding ortho intramolecular Hbond substituents is 4. The quantitative estimate of drug-likeness (QED) is 0.257. The maximum Gasteiger partial charge on any atom is 0.318 e. The lowest BCUT2D eigenvalue weighted by molar-refractivity contribution is -0.201. The van der Waals surface area contributed by atoms with Gasteiger partial charge in [-0.15, -0.1) is 0 Å². The third-order valence-corrected chi connectivity index (χ3v) is 8.76. The SMILES string of the molecule is CC(C)=CC[C@@]12Oc3cc(O)c(C4=C[C@@]5(C)C[C@@H](C4)c4ccc(O)cc4O5)c(O)c3C(=O)[C@@]1(O)Oc1cc(O)ccc12. The van der Waals surface area contributed by atoms with Crippen molar-refractivity contribution in [2.24, 2.45) is 0 Å². The monoisotopic (exact) mass is 570 g/mol. The van der Waals surface area contributed by atoms with Crippen molar-refractivity contribution in [3.05, 3.63) is 82.4 Å². The summed E-state index contributed by atoms with van der Waals surface area (Å²) in [6, 6.07) is 10.5. The molecule has 216 valence electrons. The molecule has 0 aromatic heterocycles. The second-order valence-corrected chi connectivity index (χ2v) is 12.1. The van der Waals surface area contributed by atoms with E-state index in [1.165, 1.54) is 24.3 Å². The normalized spacial score (nSPS) is 28.1. The van der Waals surface area contributed by atoms with Gasteiger partial charge in [0.25, 0.3) is 0 Å². The zero-order valence-corrected chi connectivity index (χ0v) is 23.3. The van der Waals surface area contributed by atoms with Crippen LogP contribution in [0.4, 0.5) is 0 Å². The fourth-order valence-corrected chi connectivity index (χ4v) is 6.93. The lowest BCUT2D eigenvalue weighted by Gasteiger charge is -2.44. The minimum Gasteiger partial charge on any atom is -0.508 e. The lowest BCUT2D eigenvalue weighted by atomic mass is 9.72. The first-order chi connectivity index (χ1) is 19.8. The topological polar surface area (TPSA) is 146 Å². The van der Waals surface area contributed by atoms with Crippen molar-refractivity contribution in [1.82, 2.24) is 0 Å². The number of aromatic hydroxyl groups is 4. The minimum atomic E-state index is -2.57. The highest BCUT2D eigenvalue weighted by Gasteiger charge is 2.69. The minimum absolute atomic E-state index is 0.0373. The Bertz CT molecular complexity index is 1770. The molecule has 3 aromatic rings. The molecule has 0 saturated carbocycles. The van der Waals surface area contributed by atoms with Gasteiger partial charge < -0.3 is 39.7 Å². The number of Topliss-reactive ketones (excluding diaryl/α,β-unsaturated/α-hetero) is 1. The molecular formula is C33H30O9. The number of fused-ring (bicyclic) bond motifs is 8. The molecule has 0 fully saturated rings. The fourth-order valence-electron chi connectivity index (χ4n) is 6.93. The van der Waals surface area contributed by atoms with Crippen LogP contribution in [0.5, 0.6) is 40.2 Å². The maximum absolute atomic E-state index is 14.2. The molecule has 3 heterocycles. The number of allylic oxidation sites excluding steroid dienone is 2. The first-order valence-electron chi connectivity index (χ1n) is 13.8. The van der Waals surface area contributed by atoms with E-state index in [1.54, 1.807) is 24.3 Å². The molecule has 0 amide bonds. The summed E-state index contributed by atoms with van der Waals surface area (Å²) in [4.78, 5) is 14.2. The Morgan fingerprint density at radius 1 is 0.929 bits per heavy atom. The van der Waals surface area contributed by atoms with Crippen molar-refractivity contribution < 1.29 is 44.5 Å². The van der Waals surface area contributed by atoms with Gasteiger partial charge in [0.1, 0.15) is 51.4 Å². The van der Waals surface area contributed by atoms with Crippen LogP contribution in [0.1, 0.15) is 73.0 Å². The summed E-state index contributed by atoms with van der Waals surface area (Å²) in [5, 5.41) is 54.9. The van der Waals surface area contributed by atoms with Crippen LogP contribution in [0.2, 0.25) is 0 Å². The Labute approximate surface area is 241 Å². The molecule has 0 unspecified atom stereocenters. The van der Waals surface area contributed by atoms with Gasteiger partial charge >= 0.3 is 5.79 Å². The van der Waals surface area contributed by atoms with E-state index in [1.807, 2.05) is 26.8 Å². The molecule has 0 saturated heterocycles. The number of carbonyl (C=O) groups is 1. The summed E-state index contributed by atoms with van der Waals surface area (Å²) in [5.74, 6) is -3.86. The van der Waals surface area contributed by atoms with Gasteiger partial charge in [0.05, 0.1) is 5.56 Å². The van der Waals surface area contributed by atoms with E-state index < -0.39 is 28.5 Å². The van der Waals surface area contributed by atoms with Crippen LogP contribution in [-0.2, 0) is 5.60 Å². The number of phenols is 4. The highest BCUT2D eigenvalue weighted by molar-refractivity contribution is 6.10. The third kappa shape index (κ3) is 3.49. The predicted molar refractivity (Wildman–Crippen MR) is 151 cm³/mol. The second kappa shape index (κ2) is 8.45. The van der Waals surface area contributed by atoms with Crippen LogP contribution < -0.4 is 14.2 Å². The van der Waals surface area contributed by atoms with Crippen molar-refractivity contribution >= 4 is 11.4 Å².